The Kier molecular flexibility index (Phi) is 4.32. The molecule has 1 aromatic carbocycles. The molecule has 20 heavy (non-hydrogen) atoms. The number of nitrogens with zero attached hydrogens (tertiary/aromatic N) is 1. The molecule has 1 aromatic rings. The molecular weight excluding hydrogens is 278 g/mol. The Morgan fingerprint density at radius 2 is 2.10 bits per heavy atom. The van der Waals surface area contributed by atoms with Crippen LogP contribution in [0.2, 0.25) is 0 Å². The van der Waals surface area contributed by atoms with Crippen molar-refractivity contribution in [3.63, 3.8) is 0 Å². The molecule has 2 rings (SSSR count). The molecule has 1 heterocycles. The summed E-state index contributed by atoms with van der Waals surface area (Å²) >= 11 is 0. The second-order valence-corrected chi connectivity index (χ2v) is 7.08. The third kappa shape index (κ3) is 2.95. The van der Waals surface area contributed by atoms with E-state index >= 15 is 0 Å². The molecule has 1 aliphatic rings. The maximum atomic E-state index is 12.6. The number of amides is 1. The first-order valence-electron chi connectivity index (χ1n) is 6.63. The van der Waals surface area contributed by atoms with Crippen LogP contribution in [0.15, 0.2) is 24.3 Å². The minimum atomic E-state index is -3.01. The van der Waals surface area contributed by atoms with Gasteiger partial charge in [-0.2, -0.15) is 0 Å². The molecule has 6 heteroatoms. The van der Waals surface area contributed by atoms with Crippen molar-refractivity contribution in [1.82, 2.24) is 4.90 Å². The van der Waals surface area contributed by atoms with Crippen molar-refractivity contribution < 1.29 is 17.9 Å². The lowest BCUT2D eigenvalue weighted by Crippen LogP contribution is -2.41. The van der Waals surface area contributed by atoms with E-state index < -0.39 is 9.84 Å². The number of rotatable bonds is 4. The molecular formula is C14H19NO4S. The fourth-order valence-corrected chi connectivity index (χ4v) is 4.30. The summed E-state index contributed by atoms with van der Waals surface area (Å²) in [4.78, 5) is 14.2. The monoisotopic (exact) mass is 297 g/mol. The molecule has 0 aromatic heterocycles. The molecule has 1 amide bonds. The molecule has 0 spiro atoms. The number of carbonyl (C=O) groups is 1. The van der Waals surface area contributed by atoms with Gasteiger partial charge in [-0.3, -0.25) is 4.79 Å². The number of hydrogen-bond donors (Lipinski definition) is 0. The average molecular weight is 297 g/mol. The van der Waals surface area contributed by atoms with E-state index in [4.69, 9.17) is 4.74 Å². The lowest BCUT2D eigenvalue weighted by molar-refractivity contribution is 0.0705. The minimum absolute atomic E-state index is 0.0573. The van der Waals surface area contributed by atoms with Gasteiger partial charge in [-0.05, 0) is 25.5 Å². The second kappa shape index (κ2) is 5.83. The predicted octanol–water partition coefficient (Wildman–Crippen LogP) is 1.34. The normalized spacial score (nSPS) is 20.6. The van der Waals surface area contributed by atoms with E-state index in [1.54, 1.807) is 29.2 Å². The number of carbonyl (C=O) groups excluding carboxylic acids is 1. The Balaban J connectivity index is 2.26. The van der Waals surface area contributed by atoms with Crippen LogP contribution in [-0.4, -0.2) is 50.4 Å². The van der Waals surface area contributed by atoms with Crippen LogP contribution in [0.25, 0.3) is 0 Å². The number of ether oxygens (including phenoxy) is 1. The maximum Gasteiger partial charge on any atom is 0.257 e. The number of sulfone groups is 1. The first-order chi connectivity index (χ1) is 9.48. The Hall–Kier alpha value is -1.56. The molecule has 0 saturated carbocycles. The van der Waals surface area contributed by atoms with Gasteiger partial charge in [0.05, 0.1) is 24.2 Å². The topological polar surface area (TPSA) is 63.7 Å². The number of hydrogen-bond acceptors (Lipinski definition) is 4. The van der Waals surface area contributed by atoms with Gasteiger partial charge in [0.2, 0.25) is 0 Å². The zero-order chi connectivity index (χ0) is 14.8. The smallest absolute Gasteiger partial charge is 0.257 e. The Morgan fingerprint density at radius 3 is 2.65 bits per heavy atom. The zero-order valence-corrected chi connectivity index (χ0v) is 12.5. The molecule has 0 aliphatic carbocycles. The van der Waals surface area contributed by atoms with Crippen LogP contribution in [0.5, 0.6) is 5.75 Å². The molecule has 1 fully saturated rings. The maximum absolute atomic E-state index is 12.6. The van der Waals surface area contributed by atoms with Crippen molar-refractivity contribution in [3.8, 4) is 5.75 Å². The summed E-state index contributed by atoms with van der Waals surface area (Å²) in [5, 5.41) is 0. The highest BCUT2D eigenvalue weighted by atomic mass is 32.2. The summed E-state index contributed by atoms with van der Waals surface area (Å²) in [5.74, 6) is 0.554. The van der Waals surface area contributed by atoms with Crippen molar-refractivity contribution >= 4 is 15.7 Å². The minimum Gasteiger partial charge on any atom is -0.496 e. The summed E-state index contributed by atoms with van der Waals surface area (Å²) in [6, 6.07) is 6.77. The molecule has 1 saturated heterocycles. The van der Waals surface area contributed by atoms with Crippen LogP contribution >= 0.6 is 0 Å². The molecule has 1 unspecified atom stereocenters. The van der Waals surface area contributed by atoms with E-state index in [0.29, 0.717) is 24.3 Å². The van der Waals surface area contributed by atoms with Crippen LogP contribution in [0.3, 0.4) is 0 Å². The Morgan fingerprint density at radius 1 is 1.40 bits per heavy atom. The standard InChI is InChI=1S/C14H19NO4S/c1-3-15(11-8-9-20(17,18)10-11)14(16)12-6-4-5-7-13(12)19-2/h4-7,11H,3,8-10H2,1-2H3. The second-order valence-electron chi connectivity index (χ2n) is 4.85. The fraction of sp³-hybridized carbons (Fsp3) is 0.500. The van der Waals surface area contributed by atoms with Gasteiger partial charge >= 0.3 is 0 Å². The van der Waals surface area contributed by atoms with Crippen molar-refractivity contribution in [2.45, 2.75) is 19.4 Å². The van der Waals surface area contributed by atoms with Crippen molar-refractivity contribution in [2.75, 3.05) is 25.2 Å². The first kappa shape index (κ1) is 14.8. The SMILES string of the molecule is CCN(C(=O)c1ccccc1OC)C1CCS(=O)(=O)C1. The van der Waals surface area contributed by atoms with Gasteiger partial charge in [0, 0.05) is 12.6 Å². The van der Waals surface area contributed by atoms with Crippen molar-refractivity contribution in [3.05, 3.63) is 29.8 Å². The highest BCUT2D eigenvalue weighted by molar-refractivity contribution is 7.91. The quantitative estimate of drug-likeness (QED) is 0.841. The Labute approximate surface area is 119 Å². The fourth-order valence-electron chi connectivity index (χ4n) is 2.56. The predicted molar refractivity (Wildman–Crippen MR) is 76.8 cm³/mol. The first-order valence-corrected chi connectivity index (χ1v) is 8.45. The number of benzene rings is 1. The molecule has 0 N–H and O–H groups in total. The number of methoxy groups -OCH3 is 1. The van der Waals surface area contributed by atoms with Crippen LogP contribution in [-0.2, 0) is 9.84 Å². The lowest BCUT2D eigenvalue weighted by atomic mass is 10.1. The molecule has 0 bridgehead atoms. The van der Waals surface area contributed by atoms with Gasteiger partial charge < -0.3 is 9.64 Å². The lowest BCUT2D eigenvalue weighted by Gasteiger charge is -2.27. The van der Waals surface area contributed by atoms with E-state index in [1.165, 1.54) is 7.11 Å². The third-order valence-corrected chi connectivity index (χ3v) is 5.34. The van der Waals surface area contributed by atoms with E-state index in [1.807, 2.05) is 6.92 Å². The summed E-state index contributed by atoms with van der Waals surface area (Å²) in [6.45, 7) is 2.34. The highest BCUT2D eigenvalue weighted by Crippen LogP contribution is 2.24. The van der Waals surface area contributed by atoms with Crippen LogP contribution < -0.4 is 4.74 Å². The van der Waals surface area contributed by atoms with Gasteiger partial charge in [0.1, 0.15) is 5.75 Å². The highest BCUT2D eigenvalue weighted by Gasteiger charge is 2.34. The van der Waals surface area contributed by atoms with Crippen LogP contribution in [0.1, 0.15) is 23.7 Å². The van der Waals surface area contributed by atoms with Crippen molar-refractivity contribution in [1.29, 1.82) is 0 Å². The van der Waals surface area contributed by atoms with E-state index in [-0.39, 0.29) is 23.5 Å². The largest absolute Gasteiger partial charge is 0.496 e. The van der Waals surface area contributed by atoms with Crippen LogP contribution in [0.4, 0.5) is 0 Å². The van der Waals surface area contributed by atoms with E-state index in [9.17, 15) is 13.2 Å². The van der Waals surface area contributed by atoms with Crippen LogP contribution in [0, 0.1) is 0 Å². The summed E-state index contributed by atoms with van der Waals surface area (Å²) < 4.78 is 28.4. The van der Waals surface area contributed by atoms with Gasteiger partial charge in [0.15, 0.2) is 9.84 Å². The van der Waals surface area contributed by atoms with Gasteiger partial charge in [0.25, 0.3) is 5.91 Å². The summed E-state index contributed by atoms with van der Waals surface area (Å²) in [7, 11) is -1.49. The molecule has 110 valence electrons. The summed E-state index contributed by atoms with van der Waals surface area (Å²) in [6.07, 6.45) is 0.511. The zero-order valence-electron chi connectivity index (χ0n) is 11.7. The van der Waals surface area contributed by atoms with Crippen molar-refractivity contribution in [2.24, 2.45) is 0 Å². The Bertz CT molecular complexity index is 597. The number of para-hydroxylation sites is 1. The van der Waals surface area contributed by atoms with E-state index in [0.717, 1.165) is 0 Å². The van der Waals surface area contributed by atoms with Gasteiger partial charge in [-0.1, -0.05) is 12.1 Å². The molecule has 0 radical (unpaired) electrons. The van der Waals surface area contributed by atoms with Gasteiger partial charge in [-0.25, -0.2) is 8.42 Å². The third-order valence-electron chi connectivity index (χ3n) is 3.59. The molecule has 1 aliphatic heterocycles. The molecule has 5 nitrogen and oxygen atoms in total. The molecule has 1 atom stereocenters. The van der Waals surface area contributed by atoms with Gasteiger partial charge in [-0.15, -0.1) is 0 Å². The van der Waals surface area contributed by atoms with E-state index in [2.05, 4.69) is 0 Å². The average Bonchev–Trinajstić information content (AvgIpc) is 2.79. The summed E-state index contributed by atoms with van der Waals surface area (Å²) in [5.41, 5.74) is 0.473.